The summed E-state index contributed by atoms with van der Waals surface area (Å²) in [5.41, 5.74) is 6.01. The van der Waals surface area contributed by atoms with E-state index in [1.165, 1.54) is 11.8 Å². The summed E-state index contributed by atoms with van der Waals surface area (Å²) >= 11 is 7.27. The topological polar surface area (TPSA) is 102 Å². The van der Waals surface area contributed by atoms with Crippen molar-refractivity contribution < 1.29 is 0 Å². The van der Waals surface area contributed by atoms with Gasteiger partial charge in [0.05, 0.1) is 16.7 Å². The number of anilines is 1. The van der Waals surface area contributed by atoms with E-state index in [0.29, 0.717) is 38.6 Å². The molecule has 21 heavy (non-hydrogen) atoms. The molecule has 9 heteroatoms. The first-order valence-electron chi connectivity index (χ1n) is 6.01. The molecule has 2 aromatic heterocycles. The number of nitrogens with zero attached hydrogens (tertiary/aromatic N) is 4. The molecule has 7 nitrogen and oxygen atoms in total. The molecule has 0 aliphatic carbocycles. The maximum Gasteiger partial charge on any atom is 0.258 e. The second-order valence-electron chi connectivity index (χ2n) is 4.36. The standard InChI is InChI=1S/C12H11ClN6OS/c1-19-11(14)17-18-12(19)21-5-9-15-8-3-2-6(13)4-7(8)10(20)16-9/h2-4H,5H2,1H3,(H2,14,17)(H,15,16,20). The van der Waals surface area contributed by atoms with Gasteiger partial charge in [-0.05, 0) is 18.2 Å². The number of nitrogen functional groups attached to an aromatic ring is 1. The van der Waals surface area contributed by atoms with Gasteiger partial charge in [0.25, 0.3) is 5.56 Å². The van der Waals surface area contributed by atoms with Crippen LogP contribution in [0, 0.1) is 0 Å². The second kappa shape index (κ2) is 5.38. The van der Waals surface area contributed by atoms with Crippen LogP contribution in [0.4, 0.5) is 5.95 Å². The molecule has 3 N–H and O–H groups in total. The van der Waals surface area contributed by atoms with Crippen LogP contribution >= 0.6 is 23.4 Å². The van der Waals surface area contributed by atoms with E-state index in [1.54, 1.807) is 29.8 Å². The molecule has 0 fully saturated rings. The molecule has 2 heterocycles. The minimum Gasteiger partial charge on any atom is -0.368 e. The van der Waals surface area contributed by atoms with Crippen LogP contribution in [0.5, 0.6) is 0 Å². The number of benzene rings is 1. The SMILES string of the molecule is Cn1c(N)nnc1SCc1nc2ccc(Cl)cc2c(=O)[nH]1. The number of H-pyrrole nitrogens is 1. The van der Waals surface area contributed by atoms with Crippen LogP contribution in [-0.4, -0.2) is 24.7 Å². The van der Waals surface area contributed by atoms with E-state index in [4.69, 9.17) is 17.3 Å². The Morgan fingerprint density at radius 3 is 2.95 bits per heavy atom. The van der Waals surface area contributed by atoms with Crippen molar-refractivity contribution in [1.29, 1.82) is 0 Å². The highest BCUT2D eigenvalue weighted by Crippen LogP contribution is 2.21. The molecule has 3 rings (SSSR count). The lowest BCUT2D eigenvalue weighted by atomic mass is 10.2. The summed E-state index contributed by atoms with van der Waals surface area (Å²) in [6, 6.07) is 5.03. The Balaban J connectivity index is 1.89. The van der Waals surface area contributed by atoms with Gasteiger partial charge in [0, 0.05) is 12.1 Å². The number of fused-ring (bicyclic) bond motifs is 1. The summed E-state index contributed by atoms with van der Waals surface area (Å²) < 4.78 is 1.67. The van der Waals surface area contributed by atoms with Crippen molar-refractivity contribution in [3.8, 4) is 0 Å². The lowest BCUT2D eigenvalue weighted by Crippen LogP contribution is -2.11. The Morgan fingerprint density at radius 2 is 2.24 bits per heavy atom. The largest absolute Gasteiger partial charge is 0.368 e. The fraction of sp³-hybridized carbons (Fsp3) is 0.167. The third-order valence-corrected chi connectivity index (χ3v) is 4.19. The quantitative estimate of drug-likeness (QED) is 0.710. The number of nitrogens with two attached hydrogens (primary N) is 1. The number of thioether (sulfide) groups is 1. The van der Waals surface area contributed by atoms with Gasteiger partial charge in [-0.2, -0.15) is 0 Å². The van der Waals surface area contributed by atoms with Gasteiger partial charge in [0.1, 0.15) is 5.82 Å². The highest BCUT2D eigenvalue weighted by atomic mass is 35.5. The molecule has 0 saturated heterocycles. The fourth-order valence-corrected chi connectivity index (χ4v) is 2.77. The molecule has 0 aliphatic heterocycles. The smallest absolute Gasteiger partial charge is 0.258 e. The van der Waals surface area contributed by atoms with E-state index >= 15 is 0 Å². The normalized spacial score (nSPS) is 11.1. The number of halogens is 1. The minimum absolute atomic E-state index is 0.212. The Morgan fingerprint density at radius 1 is 1.43 bits per heavy atom. The average molecular weight is 323 g/mol. The van der Waals surface area contributed by atoms with Gasteiger partial charge in [0.2, 0.25) is 5.95 Å². The summed E-state index contributed by atoms with van der Waals surface area (Å²) in [7, 11) is 1.77. The number of nitrogens with one attached hydrogen (secondary N) is 1. The Kier molecular flexibility index (Phi) is 3.56. The van der Waals surface area contributed by atoms with Crippen LogP contribution in [0.2, 0.25) is 5.02 Å². The monoisotopic (exact) mass is 322 g/mol. The fourth-order valence-electron chi connectivity index (χ4n) is 1.81. The first kappa shape index (κ1) is 13.9. The van der Waals surface area contributed by atoms with Crippen molar-refractivity contribution in [3.05, 3.63) is 39.4 Å². The maximum atomic E-state index is 12.0. The zero-order chi connectivity index (χ0) is 15.0. The number of hydrogen-bond donors (Lipinski definition) is 2. The highest BCUT2D eigenvalue weighted by Gasteiger charge is 2.09. The summed E-state index contributed by atoms with van der Waals surface area (Å²) in [6.07, 6.45) is 0. The van der Waals surface area contributed by atoms with Crippen molar-refractivity contribution in [1.82, 2.24) is 24.7 Å². The molecule has 0 unspecified atom stereocenters. The zero-order valence-electron chi connectivity index (χ0n) is 11.0. The van der Waals surface area contributed by atoms with Gasteiger partial charge in [-0.3, -0.25) is 9.36 Å². The van der Waals surface area contributed by atoms with Gasteiger partial charge >= 0.3 is 0 Å². The Hall–Kier alpha value is -2.06. The first-order valence-corrected chi connectivity index (χ1v) is 7.37. The molecule has 0 radical (unpaired) electrons. The first-order chi connectivity index (χ1) is 10.0. The summed E-state index contributed by atoms with van der Waals surface area (Å²) in [5.74, 6) is 1.35. The van der Waals surface area contributed by atoms with Crippen LogP contribution in [0.1, 0.15) is 5.82 Å². The molecule has 0 saturated carbocycles. The molecule has 3 aromatic rings. The summed E-state index contributed by atoms with van der Waals surface area (Å²) in [6.45, 7) is 0. The van der Waals surface area contributed by atoms with Crippen LogP contribution in [-0.2, 0) is 12.8 Å². The van der Waals surface area contributed by atoms with E-state index in [1.807, 2.05) is 0 Å². The molecule has 0 amide bonds. The number of aromatic nitrogens is 5. The minimum atomic E-state index is -0.212. The Labute approximate surface area is 128 Å². The third kappa shape index (κ3) is 2.72. The van der Waals surface area contributed by atoms with E-state index in [2.05, 4.69) is 20.2 Å². The van der Waals surface area contributed by atoms with Gasteiger partial charge in [-0.15, -0.1) is 10.2 Å². The van der Waals surface area contributed by atoms with E-state index in [9.17, 15) is 4.79 Å². The van der Waals surface area contributed by atoms with E-state index in [-0.39, 0.29) is 5.56 Å². The van der Waals surface area contributed by atoms with Crippen LogP contribution < -0.4 is 11.3 Å². The van der Waals surface area contributed by atoms with Crippen LogP contribution in [0.3, 0.4) is 0 Å². The van der Waals surface area contributed by atoms with Crippen molar-refractivity contribution >= 4 is 40.2 Å². The van der Waals surface area contributed by atoms with E-state index in [0.717, 1.165) is 0 Å². The molecule has 0 bridgehead atoms. The van der Waals surface area contributed by atoms with Gasteiger partial charge in [-0.1, -0.05) is 23.4 Å². The van der Waals surface area contributed by atoms with Gasteiger partial charge < -0.3 is 10.7 Å². The predicted octanol–water partition coefficient (Wildman–Crippen LogP) is 1.58. The maximum absolute atomic E-state index is 12.0. The molecular formula is C12H11ClN6OS. The molecule has 0 aliphatic rings. The lowest BCUT2D eigenvalue weighted by molar-refractivity contribution is 0.795. The Bertz CT molecular complexity index is 874. The third-order valence-electron chi connectivity index (χ3n) is 2.92. The highest BCUT2D eigenvalue weighted by molar-refractivity contribution is 7.98. The summed E-state index contributed by atoms with van der Waals surface area (Å²) in [4.78, 5) is 19.2. The molecule has 108 valence electrons. The average Bonchev–Trinajstić information content (AvgIpc) is 2.77. The van der Waals surface area contributed by atoms with Crippen molar-refractivity contribution in [2.75, 3.05) is 5.73 Å². The zero-order valence-corrected chi connectivity index (χ0v) is 12.6. The number of rotatable bonds is 3. The molecule has 1 aromatic carbocycles. The molecule has 0 atom stereocenters. The van der Waals surface area contributed by atoms with Crippen molar-refractivity contribution in [2.24, 2.45) is 7.05 Å². The predicted molar refractivity (Wildman–Crippen MR) is 82.4 cm³/mol. The second-order valence-corrected chi connectivity index (χ2v) is 5.74. The van der Waals surface area contributed by atoms with Crippen molar-refractivity contribution in [2.45, 2.75) is 10.9 Å². The molecule has 0 spiro atoms. The van der Waals surface area contributed by atoms with Crippen LogP contribution in [0.25, 0.3) is 10.9 Å². The van der Waals surface area contributed by atoms with Gasteiger partial charge in [-0.25, -0.2) is 4.98 Å². The number of hydrogen-bond acceptors (Lipinski definition) is 6. The van der Waals surface area contributed by atoms with E-state index < -0.39 is 0 Å². The van der Waals surface area contributed by atoms with Gasteiger partial charge in [0.15, 0.2) is 5.16 Å². The molecular weight excluding hydrogens is 312 g/mol. The lowest BCUT2D eigenvalue weighted by Gasteiger charge is -2.03. The van der Waals surface area contributed by atoms with Crippen molar-refractivity contribution in [3.63, 3.8) is 0 Å². The van der Waals surface area contributed by atoms with Crippen LogP contribution in [0.15, 0.2) is 28.2 Å². The number of aromatic amines is 1. The summed E-state index contributed by atoms with van der Waals surface area (Å²) in [5, 5.41) is 9.35.